The number of benzene rings is 1. The van der Waals surface area contributed by atoms with Gasteiger partial charge in [0, 0.05) is 28.0 Å². The molecule has 1 aromatic carbocycles. The predicted octanol–water partition coefficient (Wildman–Crippen LogP) is 3.50. The molecule has 9 heteroatoms. The van der Waals surface area contributed by atoms with Crippen LogP contribution in [0.25, 0.3) is 11.0 Å². The van der Waals surface area contributed by atoms with E-state index in [1.807, 2.05) is 14.1 Å². The number of hydrogen-bond acceptors (Lipinski definition) is 1. The number of halogens is 4. The molecule has 20 heavy (non-hydrogen) atoms. The number of carboxylic acid groups (broad SMARTS) is 1. The number of carbonyl (C=O) groups is 1. The average Bonchev–Trinajstić information content (AvgIpc) is 2.58. The Morgan fingerprint density at radius 1 is 1.15 bits per heavy atom. The van der Waals surface area contributed by atoms with Crippen LogP contribution in [-0.4, -0.2) is 15.6 Å². The molecule has 0 aliphatic rings. The quantitative estimate of drug-likeness (QED) is 0.219. The molecule has 1 heterocycles. The van der Waals surface area contributed by atoms with Gasteiger partial charge in [0.2, 0.25) is 6.33 Å². The number of nitrogens with zero attached hydrogens (tertiary/aromatic N) is 2. The van der Waals surface area contributed by atoms with E-state index in [1.165, 1.54) is 0 Å². The van der Waals surface area contributed by atoms with E-state index in [0.717, 1.165) is 18.0 Å². The summed E-state index contributed by atoms with van der Waals surface area (Å²) in [6.07, 6.45) is 3.00. The SMILES string of the molecule is CC(=O)O.Cn1[c-][n+](C)c2c(Cl)c(Cl)c(Cl)c(Cl)c21.[Ag+]. The van der Waals surface area contributed by atoms with Crippen LogP contribution >= 0.6 is 46.4 Å². The van der Waals surface area contributed by atoms with Crippen LogP contribution in [0.4, 0.5) is 0 Å². The van der Waals surface area contributed by atoms with Gasteiger partial charge in [0.1, 0.15) is 0 Å². The first-order valence-electron chi connectivity index (χ1n) is 4.97. The number of rotatable bonds is 0. The van der Waals surface area contributed by atoms with Gasteiger partial charge in [0.25, 0.3) is 5.97 Å². The Labute approximate surface area is 151 Å². The van der Waals surface area contributed by atoms with Crippen LogP contribution in [0.1, 0.15) is 6.92 Å². The minimum Gasteiger partial charge on any atom is -0.481 e. The largest absolute Gasteiger partial charge is 1.00 e. The summed E-state index contributed by atoms with van der Waals surface area (Å²) >= 11 is 24.1. The van der Waals surface area contributed by atoms with Crippen LogP contribution in [0.2, 0.25) is 20.1 Å². The van der Waals surface area contributed by atoms with Gasteiger partial charge in [-0.2, -0.15) is 0 Å². The van der Waals surface area contributed by atoms with Crippen LogP contribution in [0.5, 0.6) is 0 Å². The molecule has 2 rings (SSSR count). The molecule has 0 aliphatic heterocycles. The second kappa shape index (κ2) is 7.90. The normalized spacial score (nSPS) is 9.75. The second-order valence-electron chi connectivity index (χ2n) is 3.69. The minimum absolute atomic E-state index is 0. The number of carboxylic acids is 1. The molecule has 1 aromatic heterocycles. The molecule has 0 amide bonds. The molecular formula is C11H10AgCl4N2O2+. The fourth-order valence-corrected chi connectivity index (χ4v) is 2.63. The van der Waals surface area contributed by atoms with Gasteiger partial charge in [-0.05, 0) is 0 Å². The van der Waals surface area contributed by atoms with E-state index in [4.69, 9.17) is 56.3 Å². The summed E-state index contributed by atoms with van der Waals surface area (Å²) in [5.74, 6) is -0.833. The zero-order chi connectivity index (χ0) is 14.9. The topological polar surface area (TPSA) is 46.1 Å². The van der Waals surface area contributed by atoms with Gasteiger partial charge in [-0.3, -0.25) is 4.79 Å². The number of aliphatic carboxylic acids is 1. The Morgan fingerprint density at radius 3 is 2.00 bits per heavy atom. The number of fused-ring (bicyclic) bond motifs is 1. The van der Waals surface area contributed by atoms with Crippen LogP contribution in [0.15, 0.2) is 0 Å². The maximum Gasteiger partial charge on any atom is 1.00 e. The van der Waals surface area contributed by atoms with Crippen molar-refractivity contribution in [3.8, 4) is 0 Å². The van der Waals surface area contributed by atoms with Gasteiger partial charge >= 0.3 is 22.4 Å². The van der Waals surface area contributed by atoms with Crippen molar-refractivity contribution in [2.75, 3.05) is 0 Å². The van der Waals surface area contributed by atoms with E-state index in [0.29, 0.717) is 10.0 Å². The maximum atomic E-state index is 9.00. The third-order valence-electron chi connectivity index (χ3n) is 2.19. The van der Waals surface area contributed by atoms with Gasteiger partial charge in [0.15, 0.2) is 0 Å². The van der Waals surface area contributed by atoms with Crippen LogP contribution < -0.4 is 4.57 Å². The number of imidazole rings is 1. The molecule has 0 radical (unpaired) electrons. The van der Waals surface area contributed by atoms with Gasteiger partial charge in [-0.1, -0.05) is 46.4 Å². The molecule has 0 aliphatic carbocycles. The molecule has 0 fully saturated rings. The Hall–Kier alpha value is 0.0603. The van der Waals surface area contributed by atoms with Crippen molar-refractivity contribution in [1.82, 2.24) is 4.57 Å². The van der Waals surface area contributed by atoms with Crippen molar-refractivity contribution < 1.29 is 36.8 Å². The number of hydrogen-bond donors (Lipinski definition) is 1. The monoisotopic (exact) mass is 449 g/mol. The van der Waals surface area contributed by atoms with Crippen molar-refractivity contribution in [2.45, 2.75) is 6.92 Å². The summed E-state index contributed by atoms with van der Waals surface area (Å²) in [7, 11) is 3.63. The predicted molar refractivity (Wildman–Crippen MR) is 76.3 cm³/mol. The van der Waals surface area contributed by atoms with Crippen LogP contribution in [0.3, 0.4) is 0 Å². The van der Waals surface area contributed by atoms with E-state index < -0.39 is 5.97 Å². The summed E-state index contributed by atoms with van der Waals surface area (Å²) < 4.78 is 3.46. The first-order chi connectivity index (χ1) is 8.68. The Morgan fingerprint density at radius 2 is 1.55 bits per heavy atom. The van der Waals surface area contributed by atoms with Crippen LogP contribution in [0, 0.1) is 6.33 Å². The smallest absolute Gasteiger partial charge is 0.481 e. The average molecular weight is 452 g/mol. The minimum atomic E-state index is -0.833. The molecular weight excluding hydrogens is 442 g/mol. The molecule has 0 saturated heterocycles. The van der Waals surface area contributed by atoms with E-state index in [9.17, 15) is 0 Å². The fraction of sp³-hybridized carbons (Fsp3) is 0.273. The second-order valence-corrected chi connectivity index (χ2v) is 5.20. The molecule has 0 spiro atoms. The van der Waals surface area contributed by atoms with Crippen molar-refractivity contribution in [3.63, 3.8) is 0 Å². The fourth-order valence-electron chi connectivity index (χ4n) is 1.55. The van der Waals surface area contributed by atoms with Gasteiger partial charge in [-0.25, -0.2) is 0 Å². The van der Waals surface area contributed by atoms with Gasteiger partial charge in [0.05, 0.1) is 24.1 Å². The summed E-state index contributed by atoms with van der Waals surface area (Å²) in [5.41, 5.74) is 1.44. The molecule has 1 N–H and O–H groups in total. The molecule has 2 aromatic rings. The zero-order valence-electron chi connectivity index (χ0n) is 10.6. The van der Waals surface area contributed by atoms with Gasteiger partial charge in [-0.15, -0.1) is 0 Å². The van der Waals surface area contributed by atoms with Crippen molar-refractivity contribution in [2.24, 2.45) is 14.1 Å². The first kappa shape index (κ1) is 20.1. The van der Waals surface area contributed by atoms with Crippen LogP contribution in [-0.2, 0) is 41.3 Å². The molecule has 114 valence electrons. The molecule has 0 atom stereocenters. The van der Waals surface area contributed by atoms with Gasteiger partial charge < -0.3 is 14.2 Å². The number of aryl methyl sites for hydroxylation is 2. The Kier molecular flexibility index (Phi) is 7.92. The number of aromatic nitrogens is 2. The zero-order valence-corrected chi connectivity index (χ0v) is 15.1. The molecule has 0 saturated carbocycles. The Bertz CT molecular complexity index is 606. The van der Waals surface area contributed by atoms with Crippen molar-refractivity contribution in [1.29, 1.82) is 0 Å². The molecule has 4 nitrogen and oxygen atoms in total. The summed E-state index contributed by atoms with van der Waals surface area (Å²) in [5, 5.41) is 8.73. The first-order valence-corrected chi connectivity index (χ1v) is 6.48. The molecule has 0 bridgehead atoms. The summed E-state index contributed by atoms with van der Waals surface area (Å²) in [6.45, 7) is 1.08. The standard InChI is InChI=1S/C9H6Cl4N2.C2H4O2.Ag/c1-14-3-15(2)9-7(13)5(11)4(10)6(12)8(9)14;1-2(3)4;/h1-2H3;1H3,(H,3,4);/q;;+1. The third kappa shape index (κ3) is 4.04. The van der Waals surface area contributed by atoms with E-state index in [1.54, 1.807) is 9.13 Å². The third-order valence-corrected chi connectivity index (χ3v) is 3.97. The maximum absolute atomic E-state index is 9.00. The van der Waals surface area contributed by atoms with E-state index >= 15 is 0 Å². The Balaban J connectivity index is 0.000000644. The van der Waals surface area contributed by atoms with E-state index in [2.05, 4.69) is 6.33 Å². The summed E-state index contributed by atoms with van der Waals surface area (Å²) in [6, 6.07) is 0. The van der Waals surface area contributed by atoms with E-state index in [-0.39, 0.29) is 32.4 Å². The molecule has 0 unspecified atom stereocenters. The van der Waals surface area contributed by atoms with Crippen molar-refractivity contribution >= 4 is 63.4 Å². The summed E-state index contributed by atoms with van der Waals surface area (Å²) in [4.78, 5) is 9.00. The van der Waals surface area contributed by atoms with Crippen molar-refractivity contribution in [3.05, 3.63) is 26.4 Å².